The molecule has 0 unspecified atom stereocenters. The Balaban J connectivity index is 1.48. The molecular weight excluding hydrogens is 276 g/mol. The molecule has 0 aromatic rings. The van der Waals surface area contributed by atoms with Gasteiger partial charge in [-0.3, -0.25) is 9.69 Å². The van der Waals surface area contributed by atoms with E-state index in [1.165, 1.54) is 51.4 Å². The Morgan fingerprint density at radius 2 is 2.05 bits per heavy atom. The molecule has 2 saturated carbocycles. The molecule has 1 heterocycles. The molecule has 1 aliphatic heterocycles. The number of hydrogen-bond acceptors (Lipinski definition) is 3. The van der Waals surface area contributed by atoms with Gasteiger partial charge in [0.1, 0.15) is 0 Å². The Bertz CT molecular complexity index is 375. The first-order valence-corrected chi connectivity index (χ1v) is 9.28. The zero-order chi connectivity index (χ0) is 15.4. The van der Waals surface area contributed by atoms with Crippen LogP contribution in [0.3, 0.4) is 0 Å². The van der Waals surface area contributed by atoms with Crippen LogP contribution in [-0.2, 0) is 9.53 Å². The van der Waals surface area contributed by atoms with Crippen molar-refractivity contribution < 1.29 is 9.53 Å². The molecule has 126 valence electrons. The molecule has 3 rings (SSSR count). The van der Waals surface area contributed by atoms with E-state index in [9.17, 15) is 4.79 Å². The summed E-state index contributed by atoms with van der Waals surface area (Å²) in [6, 6.07) is -0.0252. The highest BCUT2D eigenvalue weighted by Gasteiger charge is 2.41. The second kappa shape index (κ2) is 7.31. The van der Waals surface area contributed by atoms with Crippen molar-refractivity contribution in [1.29, 1.82) is 0 Å². The quantitative estimate of drug-likeness (QED) is 0.868. The summed E-state index contributed by atoms with van der Waals surface area (Å²) in [4.78, 5) is 14.9. The van der Waals surface area contributed by atoms with E-state index in [1.807, 2.05) is 0 Å². The summed E-state index contributed by atoms with van der Waals surface area (Å²) in [5.41, 5.74) is 0.342. The molecule has 4 nitrogen and oxygen atoms in total. The molecule has 4 heteroatoms. The second-order valence-corrected chi connectivity index (χ2v) is 7.80. The number of rotatable bonds is 4. The van der Waals surface area contributed by atoms with Gasteiger partial charge in [0.2, 0.25) is 5.91 Å². The lowest BCUT2D eigenvalue weighted by Gasteiger charge is -2.43. The first kappa shape index (κ1) is 16.3. The van der Waals surface area contributed by atoms with Gasteiger partial charge in [0.25, 0.3) is 0 Å². The van der Waals surface area contributed by atoms with Crippen molar-refractivity contribution in [3.63, 3.8) is 0 Å². The largest absolute Gasteiger partial charge is 0.379 e. The van der Waals surface area contributed by atoms with E-state index in [0.29, 0.717) is 11.3 Å². The Labute approximate surface area is 135 Å². The van der Waals surface area contributed by atoms with Gasteiger partial charge in [-0.05, 0) is 38.5 Å². The maximum Gasteiger partial charge on any atom is 0.237 e. The molecule has 2 aliphatic carbocycles. The third-order valence-electron chi connectivity index (χ3n) is 6.10. The molecule has 3 aliphatic rings. The Hall–Kier alpha value is -0.610. The summed E-state index contributed by atoms with van der Waals surface area (Å²) in [5, 5.41) is 3.21. The summed E-state index contributed by atoms with van der Waals surface area (Å²) >= 11 is 0. The molecule has 0 aromatic carbocycles. The molecule has 1 N–H and O–H groups in total. The number of carbonyl (C=O) groups excluding carboxylic acids is 1. The number of nitrogens with one attached hydrogen (secondary N) is 1. The molecule has 0 bridgehead atoms. The highest BCUT2D eigenvalue weighted by molar-refractivity contribution is 5.81. The zero-order valence-electron chi connectivity index (χ0n) is 14.1. The Morgan fingerprint density at radius 3 is 2.73 bits per heavy atom. The van der Waals surface area contributed by atoms with Crippen LogP contribution in [0, 0.1) is 11.3 Å². The van der Waals surface area contributed by atoms with Gasteiger partial charge in [-0.25, -0.2) is 0 Å². The topological polar surface area (TPSA) is 41.6 Å². The second-order valence-electron chi connectivity index (χ2n) is 7.80. The molecular formula is C18H32N2O2. The van der Waals surface area contributed by atoms with Gasteiger partial charge >= 0.3 is 0 Å². The molecule has 1 saturated heterocycles. The van der Waals surface area contributed by atoms with Crippen molar-refractivity contribution in [2.24, 2.45) is 11.3 Å². The smallest absolute Gasteiger partial charge is 0.237 e. The minimum absolute atomic E-state index is 0.0252. The van der Waals surface area contributed by atoms with Crippen molar-refractivity contribution in [2.75, 3.05) is 32.8 Å². The lowest BCUT2D eigenvalue weighted by atomic mass is 9.69. The van der Waals surface area contributed by atoms with E-state index in [0.717, 1.165) is 32.8 Å². The van der Waals surface area contributed by atoms with Gasteiger partial charge in [-0.1, -0.05) is 25.7 Å². The summed E-state index contributed by atoms with van der Waals surface area (Å²) in [5.74, 6) is 0.914. The molecule has 0 radical (unpaired) electrons. The van der Waals surface area contributed by atoms with Crippen molar-refractivity contribution in [3.8, 4) is 0 Å². The minimum Gasteiger partial charge on any atom is -0.379 e. The first-order valence-electron chi connectivity index (χ1n) is 9.28. The van der Waals surface area contributed by atoms with Crippen LogP contribution in [-0.4, -0.2) is 49.7 Å². The van der Waals surface area contributed by atoms with Crippen LogP contribution in [0.5, 0.6) is 0 Å². The molecule has 1 spiro atoms. The van der Waals surface area contributed by atoms with Crippen molar-refractivity contribution >= 4 is 5.91 Å². The number of ether oxygens (including phenoxy) is 1. The van der Waals surface area contributed by atoms with E-state index in [2.05, 4.69) is 17.1 Å². The van der Waals surface area contributed by atoms with Crippen molar-refractivity contribution in [3.05, 3.63) is 0 Å². The number of amides is 1. The van der Waals surface area contributed by atoms with Crippen LogP contribution in [0.15, 0.2) is 0 Å². The van der Waals surface area contributed by atoms with Gasteiger partial charge in [-0.2, -0.15) is 0 Å². The average Bonchev–Trinajstić information content (AvgIpc) is 2.76. The van der Waals surface area contributed by atoms with Gasteiger partial charge in [0.15, 0.2) is 0 Å². The van der Waals surface area contributed by atoms with Crippen LogP contribution >= 0.6 is 0 Å². The van der Waals surface area contributed by atoms with Crippen LogP contribution in [0.1, 0.15) is 58.3 Å². The molecule has 3 fully saturated rings. The molecule has 1 amide bonds. The number of nitrogens with zero attached hydrogens (tertiary/aromatic N) is 1. The number of carbonyl (C=O) groups is 1. The van der Waals surface area contributed by atoms with E-state index in [4.69, 9.17) is 4.74 Å². The minimum atomic E-state index is -0.0252. The average molecular weight is 308 g/mol. The normalized spacial score (nSPS) is 27.9. The van der Waals surface area contributed by atoms with Crippen LogP contribution < -0.4 is 5.32 Å². The van der Waals surface area contributed by atoms with E-state index >= 15 is 0 Å². The standard InChI is InChI=1S/C18H32N2O2/c1-15(17(21)19-12-16-6-3-2-4-7-16)20-10-11-22-14-18(13-20)8-5-9-18/h15-16H,2-14H2,1H3,(H,19,21)/t15-/m1/s1. The van der Waals surface area contributed by atoms with Gasteiger partial charge in [-0.15, -0.1) is 0 Å². The van der Waals surface area contributed by atoms with Crippen LogP contribution in [0.25, 0.3) is 0 Å². The first-order chi connectivity index (χ1) is 10.7. The predicted octanol–water partition coefficient (Wildman–Crippen LogP) is 2.57. The van der Waals surface area contributed by atoms with Crippen molar-refractivity contribution in [1.82, 2.24) is 10.2 Å². The van der Waals surface area contributed by atoms with E-state index in [-0.39, 0.29) is 11.9 Å². The van der Waals surface area contributed by atoms with Gasteiger partial charge < -0.3 is 10.1 Å². The Morgan fingerprint density at radius 1 is 1.27 bits per heavy atom. The van der Waals surface area contributed by atoms with Crippen molar-refractivity contribution in [2.45, 2.75) is 64.3 Å². The predicted molar refractivity (Wildman–Crippen MR) is 87.7 cm³/mol. The summed E-state index contributed by atoms with van der Waals surface area (Å²) in [6.45, 7) is 6.51. The van der Waals surface area contributed by atoms with E-state index < -0.39 is 0 Å². The monoisotopic (exact) mass is 308 g/mol. The zero-order valence-corrected chi connectivity index (χ0v) is 14.1. The summed E-state index contributed by atoms with van der Waals surface area (Å²) in [6.07, 6.45) is 10.5. The maximum absolute atomic E-state index is 12.5. The fraction of sp³-hybridized carbons (Fsp3) is 0.944. The van der Waals surface area contributed by atoms with E-state index in [1.54, 1.807) is 0 Å². The number of hydrogen-bond donors (Lipinski definition) is 1. The fourth-order valence-electron chi connectivity index (χ4n) is 4.29. The van der Waals surface area contributed by atoms with Gasteiger partial charge in [0, 0.05) is 25.0 Å². The fourth-order valence-corrected chi connectivity index (χ4v) is 4.29. The summed E-state index contributed by atoms with van der Waals surface area (Å²) in [7, 11) is 0. The highest BCUT2D eigenvalue weighted by Crippen LogP contribution is 2.43. The summed E-state index contributed by atoms with van der Waals surface area (Å²) < 4.78 is 5.79. The molecule has 22 heavy (non-hydrogen) atoms. The molecule has 1 atom stereocenters. The third kappa shape index (κ3) is 3.83. The van der Waals surface area contributed by atoms with Crippen LogP contribution in [0.4, 0.5) is 0 Å². The SMILES string of the molecule is C[C@H](C(=O)NCC1CCCCC1)N1CCOCC2(CCC2)C1. The van der Waals surface area contributed by atoms with Crippen LogP contribution in [0.2, 0.25) is 0 Å². The van der Waals surface area contributed by atoms with Gasteiger partial charge in [0.05, 0.1) is 19.3 Å². The maximum atomic E-state index is 12.5. The highest BCUT2D eigenvalue weighted by atomic mass is 16.5. The lowest BCUT2D eigenvalue weighted by molar-refractivity contribution is -0.126. The Kier molecular flexibility index (Phi) is 5.40. The third-order valence-corrected chi connectivity index (χ3v) is 6.10. The molecule has 0 aromatic heterocycles. The lowest BCUT2D eigenvalue weighted by Crippen LogP contribution is -2.51.